The molecule has 6 heteroatoms. The molecule has 0 saturated heterocycles. The van der Waals surface area contributed by atoms with Gasteiger partial charge in [0.1, 0.15) is 6.61 Å². The Labute approximate surface area is 159 Å². The van der Waals surface area contributed by atoms with Crippen molar-refractivity contribution in [3.8, 4) is 0 Å². The quantitative estimate of drug-likeness (QED) is 0.650. The third kappa shape index (κ3) is 7.92. The number of rotatable bonds is 9. The maximum atomic E-state index is 12.1. The first-order valence-electron chi connectivity index (χ1n) is 8.95. The number of hydrogen-bond donors (Lipinski definition) is 2. The van der Waals surface area contributed by atoms with Gasteiger partial charge in [-0.15, -0.1) is 0 Å². The van der Waals surface area contributed by atoms with Crippen LogP contribution in [-0.4, -0.2) is 32.3 Å². The van der Waals surface area contributed by atoms with Crippen LogP contribution in [0, 0.1) is 6.92 Å². The fourth-order valence-corrected chi connectivity index (χ4v) is 2.48. The molecule has 2 N–H and O–H groups in total. The van der Waals surface area contributed by atoms with E-state index in [2.05, 4.69) is 41.8 Å². The van der Waals surface area contributed by atoms with E-state index in [0.717, 1.165) is 12.8 Å². The first-order valence-corrected chi connectivity index (χ1v) is 8.95. The zero-order valence-electron chi connectivity index (χ0n) is 15.8. The van der Waals surface area contributed by atoms with E-state index in [0.29, 0.717) is 24.4 Å². The van der Waals surface area contributed by atoms with Crippen molar-refractivity contribution in [3.63, 3.8) is 0 Å². The molecule has 0 bridgehead atoms. The van der Waals surface area contributed by atoms with Gasteiger partial charge in [0.15, 0.2) is 0 Å². The van der Waals surface area contributed by atoms with Crippen LogP contribution >= 0.6 is 0 Å². The van der Waals surface area contributed by atoms with E-state index >= 15 is 0 Å². The number of nitrogens with one attached hydrogen (secondary N) is 2. The highest BCUT2D eigenvalue weighted by Crippen LogP contribution is 2.16. The van der Waals surface area contributed by atoms with Crippen molar-refractivity contribution >= 4 is 23.4 Å². The molecule has 144 valence electrons. The largest absolute Gasteiger partial charge is 0.447 e. The normalized spacial score (nSPS) is 10.3. The molecule has 0 fully saturated rings. The van der Waals surface area contributed by atoms with Gasteiger partial charge in [0.05, 0.1) is 6.61 Å². The molecule has 6 nitrogen and oxygen atoms in total. The van der Waals surface area contributed by atoms with Crippen molar-refractivity contribution in [2.45, 2.75) is 26.2 Å². The fourth-order valence-electron chi connectivity index (χ4n) is 2.48. The Balaban J connectivity index is 1.76. The summed E-state index contributed by atoms with van der Waals surface area (Å²) in [7, 11) is 1.54. The first-order chi connectivity index (χ1) is 13.1. The van der Waals surface area contributed by atoms with Crippen molar-refractivity contribution < 1.29 is 19.1 Å². The van der Waals surface area contributed by atoms with Crippen molar-refractivity contribution in [2.75, 3.05) is 31.0 Å². The predicted octanol–water partition coefficient (Wildman–Crippen LogP) is 4.15. The number of hydrogen-bond acceptors (Lipinski definition) is 4. The van der Waals surface area contributed by atoms with Crippen molar-refractivity contribution in [3.05, 3.63) is 59.7 Å². The molecule has 0 heterocycles. The summed E-state index contributed by atoms with van der Waals surface area (Å²) >= 11 is 0. The molecule has 0 radical (unpaired) electrons. The van der Waals surface area contributed by atoms with Crippen molar-refractivity contribution in [1.82, 2.24) is 0 Å². The first kappa shape index (κ1) is 20.5. The molecule has 0 saturated carbocycles. The lowest BCUT2D eigenvalue weighted by Gasteiger charge is -2.09. The zero-order valence-corrected chi connectivity index (χ0v) is 15.8. The number of amides is 2. The molecule has 0 aliphatic heterocycles. The maximum Gasteiger partial charge on any atom is 0.411 e. The number of benzene rings is 2. The van der Waals surface area contributed by atoms with Gasteiger partial charge in [0.2, 0.25) is 5.91 Å². The lowest BCUT2D eigenvalue weighted by atomic mass is 10.1. The van der Waals surface area contributed by atoms with E-state index < -0.39 is 6.09 Å². The number of aryl methyl sites for hydroxylation is 2. The summed E-state index contributed by atoms with van der Waals surface area (Å²) in [6.07, 6.45) is 1.51. The smallest absolute Gasteiger partial charge is 0.411 e. The van der Waals surface area contributed by atoms with Gasteiger partial charge in [-0.2, -0.15) is 0 Å². The van der Waals surface area contributed by atoms with Crippen molar-refractivity contribution in [1.29, 1.82) is 0 Å². The molecule has 0 aromatic heterocycles. The van der Waals surface area contributed by atoms with Crippen LogP contribution in [0.5, 0.6) is 0 Å². The number of carbonyl (C=O) groups excluding carboxylic acids is 2. The molecular weight excluding hydrogens is 344 g/mol. The Morgan fingerprint density at radius 1 is 0.963 bits per heavy atom. The van der Waals surface area contributed by atoms with Gasteiger partial charge in [0, 0.05) is 24.9 Å². The SMILES string of the molecule is COCCOC(=O)Nc1cccc(NC(=O)CCCc2ccc(C)cc2)c1. The highest BCUT2D eigenvalue weighted by Gasteiger charge is 2.06. The number of methoxy groups -OCH3 is 1. The maximum absolute atomic E-state index is 12.1. The summed E-state index contributed by atoms with van der Waals surface area (Å²) in [5.41, 5.74) is 3.64. The number of carbonyl (C=O) groups is 2. The molecule has 0 atom stereocenters. The molecule has 2 aromatic rings. The molecule has 0 unspecified atom stereocenters. The van der Waals surface area contributed by atoms with E-state index in [1.54, 1.807) is 24.3 Å². The monoisotopic (exact) mass is 370 g/mol. The van der Waals surface area contributed by atoms with E-state index in [-0.39, 0.29) is 12.5 Å². The molecule has 2 rings (SSSR count). The number of ether oxygens (including phenoxy) is 2. The Bertz CT molecular complexity index is 744. The summed E-state index contributed by atoms with van der Waals surface area (Å²) in [6, 6.07) is 15.3. The van der Waals surface area contributed by atoms with Crippen LogP contribution in [0.3, 0.4) is 0 Å². The third-order valence-corrected chi connectivity index (χ3v) is 3.90. The van der Waals surface area contributed by atoms with Gasteiger partial charge in [-0.25, -0.2) is 4.79 Å². The predicted molar refractivity (Wildman–Crippen MR) is 106 cm³/mol. The minimum atomic E-state index is -0.561. The fraction of sp³-hybridized carbons (Fsp3) is 0.333. The average molecular weight is 370 g/mol. The summed E-state index contributed by atoms with van der Waals surface area (Å²) in [6.45, 7) is 2.57. The third-order valence-electron chi connectivity index (χ3n) is 3.90. The summed E-state index contributed by atoms with van der Waals surface area (Å²) in [4.78, 5) is 23.8. The average Bonchev–Trinajstić information content (AvgIpc) is 2.64. The van der Waals surface area contributed by atoms with Crippen LogP contribution in [0.25, 0.3) is 0 Å². The molecule has 27 heavy (non-hydrogen) atoms. The van der Waals surface area contributed by atoms with Crippen molar-refractivity contribution in [2.24, 2.45) is 0 Å². The second kappa shape index (κ2) is 11.0. The Kier molecular flexibility index (Phi) is 8.32. The van der Waals surface area contributed by atoms with Crippen LogP contribution in [0.1, 0.15) is 24.0 Å². The lowest BCUT2D eigenvalue weighted by Crippen LogP contribution is -2.16. The van der Waals surface area contributed by atoms with Gasteiger partial charge in [-0.1, -0.05) is 35.9 Å². The van der Waals surface area contributed by atoms with E-state index in [9.17, 15) is 9.59 Å². The van der Waals surface area contributed by atoms with Crippen LogP contribution in [0.2, 0.25) is 0 Å². The van der Waals surface area contributed by atoms with Crippen LogP contribution in [-0.2, 0) is 20.7 Å². The number of anilines is 2. The molecule has 0 aliphatic rings. The highest BCUT2D eigenvalue weighted by atomic mass is 16.6. The van der Waals surface area contributed by atoms with Gasteiger partial charge >= 0.3 is 6.09 Å². The Morgan fingerprint density at radius 2 is 1.67 bits per heavy atom. The molecule has 2 aromatic carbocycles. The summed E-state index contributed by atoms with van der Waals surface area (Å²) in [5, 5.41) is 5.47. The lowest BCUT2D eigenvalue weighted by molar-refractivity contribution is -0.116. The summed E-state index contributed by atoms with van der Waals surface area (Å²) < 4.78 is 9.77. The Morgan fingerprint density at radius 3 is 2.37 bits per heavy atom. The Hall–Kier alpha value is -2.86. The van der Waals surface area contributed by atoms with Gasteiger partial charge < -0.3 is 14.8 Å². The highest BCUT2D eigenvalue weighted by molar-refractivity contribution is 5.92. The van der Waals surface area contributed by atoms with Crippen LogP contribution in [0.4, 0.5) is 16.2 Å². The van der Waals surface area contributed by atoms with Crippen LogP contribution < -0.4 is 10.6 Å². The van der Waals surface area contributed by atoms with Crippen LogP contribution in [0.15, 0.2) is 48.5 Å². The van der Waals surface area contributed by atoms with Gasteiger partial charge in [-0.3, -0.25) is 10.1 Å². The molecular formula is C21H26N2O4. The zero-order chi connectivity index (χ0) is 19.5. The minimum Gasteiger partial charge on any atom is -0.447 e. The van der Waals surface area contributed by atoms with E-state index in [1.807, 2.05) is 0 Å². The van der Waals surface area contributed by atoms with Gasteiger partial charge in [0.25, 0.3) is 0 Å². The standard InChI is InChI=1S/C21H26N2O4/c1-16-9-11-17(12-10-16)5-3-8-20(24)22-18-6-4-7-19(15-18)23-21(25)27-14-13-26-2/h4,6-7,9-12,15H,3,5,8,13-14H2,1-2H3,(H,22,24)(H,23,25). The second-order valence-electron chi connectivity index (χ2n) is 6.22. The molecule has 0 spiro atoms. The summed E-state index contributed by atoms with van der Waals surface area (Å²) in [5.74, 6) is -0.0538. The van der Waals surface area contributed by atoms with E-state index in [1.165, 1.54) is 18.2 Å². The van der Waals surface area contributed by atoms with Gasteiger partial charge in [-0.05, 0) is 43.5 Å². The minimum absolute atomic E-state index is 0.0538. The topological polar surface area (TPSA) is 76.7 Å². The molecule has 0 aliphatic carbocycles. The van der Waals surface area contributed by atoms with E-state index in [4.69, 9.17) is 9.47 Å². The molecule has 2 amide bonds. The second-order valence-corrected chi connectivity index (χ2v) is 6.22.